The second-order valence-corrected chi connectivity index (χ2v) is 3.89. The summed E-state index contributed by atoms with van der Waals surface area (Å²) >= 11 is 6.07. The molecular formula is C10H6Br2FNO. The van der Waals surface area contributed by atoms with Crippen LogP contribution in [0.25, 0.3) is 0 Å². The summed E-state index contributed by atoms with van der Waals surface area (Å²) < 4.78 is 13.6. The van der Waals surface area contributed by atoms with Crippen LogP contribution >= 0.6 is 31.9 Å². The Morgan fingerprint density at radius 2 is 2.27 bits per heavy atom. The van der Waals surface area contributed by atoms with Crippen LogP contribution in [0.1, 0.15) is 5.56 Å². The molecule has 2 nitrogen and oxygen atoms in total. The Labute approximate surface area is 104 Å². The van der Waals surface area contributed by atoms with E-state index in [2.05, 4.69) is 47.9 Å². The normalized spacial score (nSPS) is 9.00. The number of hydrogen-bond acceptors (Lipinski definition) is 1. The Kier molecular flexibility index (Phi) is 4.79. The molecule has 0 atom stereocenters. The van der Waals surface area contributed by atoms with Crippen LogP contribution in [-0.4, -0.2) is 5.91 Å². The molecule has 0 saturated carbocycles. The molecule has 15 heavy (non-hydrogen) atoms. The molecule has 1 N–H and O–H groups in total. The Hall–Kier alpha value is -0.860. The molecule has 0 bridgehead atoms. The number of halogens is 3. The highest BCUT2D eigenvalue weighted by molar-refractivity contribution is 9.12. The van der Waals surface area contributed by atoms with Crippen LogP contribution in [0.2, 0.25) is 0 Å². The minimum absolute atomic E-state index is 0.235. The number of carbonyl (C=O) groups excluding carboxylic acids is 1. The first kappa shape index (κ1) is 12.2. The van der Waals surface area contributed by atoms with Crippen LogP contribution in [0.5, 0.6) is 0 Å². The number of nitrogens with one attached hydrogen (secondary N) is 1. The third-order valence-corrected chi connectivity index (χ3v) is 2.58. The van der Waals surface area contributed by atoms with Gasteiger partial charge in [0.25, 0.3) is 5.91 Å². The third-order valence-electron chi connectivity index (χ3n) is 1.61. The summed E-state index contributed by atoms with van der Waals surface area (Å²) in [4.78, 5) is 13.3. The first-order valence-corrected chi connectivity index (χ1v) is 5.55. The topological polar surface area (TPSA) is 29.1 Å². The summed E-state index contributed by atoms with van der Waals surface area (Å²) in [6, 6.07) is 4.28. The maximum atomic E-state index is 12.9. The first-order chi connectivity index (χ1) is 7.13. The van der Waals surface area contributed by atoms with Crippen LogP contribution in [-0.2, 0) is 11.3 Å². The Morgan fingerprint density at radius 3 is 2.93 bits per heavy atom. The third kappa shape index (κ3) is 4.02. The molecule has 0 saturated heterocycles. The maximum Gasteiger partial charge on any atom is 0.297 e. The molecule has 0 aliphatic heterocycles. The summed E-state index contributed by atoms with van der Waals surface area (Å²) in [5.74, 6) is 1.50. The van der Waals surface area contributed by atoms with Crippen LogP contribution in [0.4, 0.5) is 4.39 Å². The predicted octanol–water partition coefficient (Wildman–Crippen LogP) is 2.56. The highest BCUT2D eigenvalue weighted by atomic mass is 79.9. The molecule has 0 spiro atoms. The van der Waals surface area contributed by atoms with Crippen molar-refractivity contribution >= 4 is 37.8 Å². The molecule has 0 radical (unpaired) electrons. The van der Waals surface area contributed by atoms with Gasteiger partial charge < -0.3 is 5.32 Å². The summed E-state index contributed by atoms with van der Waals surface area (Å²) in [5, 5.41) is 2.53. The van der Waals surface area contributed by atoms with Crippen LogP contribution in [0, 0.1) is 16.6 Å². The Morgan fingerprint density at radius 1 is 1.53 bits per heavy atom. The van der Waals surface area contributed by atoms with Crippen molar-refractivity contribution in [3.05, 3.63) is 34.1 Å². The zero-order valence-electron chi connectivity index (χ0n) is 7.48. The smallest absolute Gasteiger partial charge is 0.297 e. The van der Waals surface area contributed by atoms with Crippen molar-refractivity contribution < 1.29 is 9.18 Å². The zero-order valence-corrected chi connectivity index (χ0v) is 10.7. The quantitative estimate of drug-likeness (QED) is 0.827. The lowest BCUT2D eigenvalue weighted by atomic mass is 10.2. The van der Waals surface area contributed by atoms with Gasteiger partial charge in [0.15, 0.2) is 0 Å². The van der Waals surface area contributed by atoms with Gasteiger partial charge in [-0.05, 0) is 28.6 Å². The Balaban J connectivity index is 2.67. The van der Waals surface area contributed by atoms with E-state index >= 15 is 0 Å². The van der Waals surface area contributed by atoms with Gasteiger partial charge >= 0.3 is 0 Å². The maximum absolute atomic E-state index is 12.9. The summed E-state index contributed by atoms with van der Waals surface area (Å²) in [6.45, 7) is 0.235. The number of amides is 1. The minimum Gasteiger partial charge on any atom is -0.341 e. The SMILES string of the molecule is O=C(C#CBr)NCc1cc(F)ccc1Br. The molecule has 1 aromatic rings. The molecule has 1 rings (SSSR count). The highest BCUT2D eigenvalue weighted by Crippen LogP contribution is 2.17. The number of rotatable bonds is 2. The summed E-state index contributed by atoms with van der Waals surface area (Å²) in [6.07, 6.45) is 0. The fraction of sp³-hybridized carbons (Fsp3) is 0.100. The molecule has 0 fully saturated rings. The largest absolute Gasteiger partial charge is 0.341 e. The molecule has 78 valence electrons. The van der Waals surface area contributed by atoms with Gasteiger partial charge in [0.05, 0.1) is 0 Å². The number of benzene rings is 1. The van der Waals surface area contributed by atoms with Crippen molar-refractivity contribution in [1.82, 2.24) is 5.32 Å². The Bertz CT molecular complexity index is 437. The predicted molar refractivity (Wildman–Crippen MR) is 62.6 cm³/mol. The van der Waals surface area contributed by atoms with E-state index in [1.54, 1.807) is 6.07 Å². The van der Waals surface area contributed by atoms with Crippen molar-refractivity contribution in [2.75, 3.05) is 0 Å². The van der Waals surface area contributed by atoms with E-state index in [1.807, 2.05) is 0 Å². The lowest BCUT2D eigenvalue weighted by Gasteiger charge is -2.04. The fourth-order valence-electron chi connectivity index (χ4n) is 0.941. The van der Waals surface area contributed by atoms with E-state index in [1.165, 1.54) is 12.1 Å². The first-order valence-electron chi connectivity index (χ1n) is 3.97. The van der Waals surface area contributed by atoms with Crippen molar-refractivity contribution in [2.45, 2.75) is 6.54 Å². The molecule has 0 aliphatic carbocycles. The highest BCUT2D eigenvalue weighted by Gasteiger charge is 2.02. The van der Waals surface area contributed by atoms with Gasteiger partial charge in [-0.2, -0.15) is 0 Å². The van der Waals surface area contributed by atoms with Crippen molar-refractivity contribution in [3.8, 4) is 10.8 Å². The fourth-order valence-corrected chi connectivity index (χ4v) is 1.51. The van der Waals surface area contributed by atoms with Crippen LogP contribution in [0.15, 0.2) is 22.7 Å². The average molecular weight is 335 g/mol. The van der Waals surface area contributed by atoms with Gasteiger partial charge in [-0.15, -0.1) is 0 Å². The molecular weight excluding hydrogens is 329 g/mol. The van der Waals surface area contributed by atoms with E-state index in [4.69, 9.17) is 0 Å². The van der Waals surface area contributed by atoms with Crippen molar-refractivity contribution in [2.24, 2.45) is 0 Å². The van der Waals surface area contributed by atoms with Gasteiger partial charge in [-0.25, -0.2) is 4.39 Å². The standard InChI is InChI=1S/C10H6Br2FNO/c11-4-3-10(15)14-6-7-5-8(13)1-2-9(7)12/h1-2,5H,6H2,(H,14,15). The van der Waals surface area contributed by atoms with E-state index in [0.29, 0.717) is 5.56 Å². The zero-order chi connectivity index (χ0) is 11.3. The summed E-state index contributed by atoms with van der Waals surface area (Å²) in [7, 11) is 0. The van der Waals surface area contributed by atoms with E-state index < -0.39 is 5.91 Å². The van der Waals surface area contributed by atoms with Gasteiger partial charge in [-0.1, -0.05) is 15.9 Å². The molecule has 0 aromatic heterocycles. The van der Waals surface area contributed by atoms with Crippen LogP contribution in [0.3, 0.4) is 0 Å². The number of carbonyl (C=O) groups is 1. The average Bonchev–Trinajstić information content (AvgIpc) is 2.20. The monoisotopic (exact) mass is 333 g/mol. The minimum atomic E-state index is -0.414. The number of hydrogen-bond donors (Lipinski definition) is 1. The molecule has 0 unspecified atom stereocenters. The van der Waals surface area contributed by atoms with Gasteiger partial charge in [0.1, 0.15) is 5.82 Å². The molecule has 0 heterocycles. The molecule has 1 aromatic carbocycles. The molecule has 0 aliphatic rings. The van der Waals surface area contributed by atoms with Gasteiger partial charge in [-0.3, -0.25) is 4.79 Å². The van der Waals surface area contributed by atoms with Gasteiger partial charge in [0.2, 0.25) is 0 Å². The second kappa shape index (κ2) is 5.89. The van der Waals surface area contributed by atoms with E-state index in [-0.39, 0.29) is 12.4 Å². The van der Waals surface area contributed by atoms with E-state index in [9.17, 15) is 9.18 Å². The lowest BCUT2D eigenvalue weighted by molar-refractivity contribution is -0.115. The summed E-state index contributed by atoms with van der Waals surface area (Å²) in [5.41, 5.74) is 0.666. The van der Waals surface area contributed by atoms with Crippen molar-refractivity contribution in [3.63, 3.8) is 0 Å². The van der Waals surface area contributed by atoms with E-state index in [0.717, 1.165) is 4.47 Å². The second-order valence-electron chi connectivity index (χ2n) is 2.64. The molecule has 1 amide bonds. The molecule has 5 heteroatoms. The van der Waals surface area contributed by atoms with Crippen molar-refractivity contribution in [1.29, 1.82) is 0 Å². The lowest BCUT2D eigenvalue weighted by Crippen LogP contribution is -2.20. The van der Waals surface area contributed by atoms with Crippen LogP contribution < -0.4 is 5.32 Å². The van der Waals surface area contributed by atoms with Gasteiger partial charge in [0, 0.05) is 32.9 Å².